The minimum absolute atomic E-state index is 0.0191. The smallest absolute Gasteiger partial charge is 0.229 e. The Kier molecular flexibility index (Phi) is 3.43. The third-order valence-corrected chi connectivity index (χ3v) is 4.59. The number of hydrogen-bond donors (Lipinski definition) is 2. The molecule has 3 rings (SSSR count). The SMILES string of the molecule is NC1CCC(C(=O)Nc2nc3ccc(Cl)cc3s2)C1. The second-order valence-corrected chi connectivity index (χ2v) is 6.36. The number of halogens is 1. The van der Waals surface area contributed by atoms with Crippen LogP contribution in [0, 0.1) is 5.92 Å². The first kappa shape index (κ1) is 12.8. The van der Waals surface area contributed by atoms with Crippen LogP contribution in [0.4, 0.5) is 5.13 Å². The van der Waals surface area contributed by atoms with Gasteiger partial charge >= 0.3 is 0 Å². The Morgan fingerprint density at radius 3 is 3.05 bits per heavy atom. The molecule has 0 aliphatic heterocycles. The van der Waals surface area contributed by atoms with E-state index in [4.69, 9.17) is 17.3 Å². The predicted molar refractivity (Wildman–Crippen MR) is 78.6 cm³/mol. The quantitative estimate of drug-likeness (QED) is 0.895. The Balaban J connectivity index is 1.76. The summed E-state index contributed by atoms with van der Waals surface area (Å²) in [5, 5.41) is 4.19. The summed E-state index contributed by atoms with van der Waals surface area (Å²) in [6, 6.07) is 5.67. The van der Waals surface area contributed by atoms with E-state index in [-0.39, 0.29) is 17.9 Å². The van der Waals surface area contributed by atoms with Crippen LogP contribution in [0.5, 0.6) is 0 Å². The summed E-state index contributed by atoms with van der Waals surface area (Å²) in [6.45, 7) is 0. The third kappa shape index (κ3) is 2.73. The van der Waals surface area contributed by atoms with Crippen molar-refractivity contribution in [3.8, 4) is 0 Å². The van der Waals surface area contributed by atoms with Gasteiger partial charge < -0.3 is 11.1 Å². The molecule has 0 spiro atoms. The highest BCUT2D eigenvalue weighted by atomic mass is 35.5. The Morgan fingerprint density at radius 2 is 2.32 bits per heavy atom. The summed E-state index contributed by atoms with van der Waals surface area (Å²) < 4.78 is 0.978. The van der Waals surface area contributed by atoms with E-state index in [1.165, 1.54) is 11.3 Å². The van der Waals surface area contributed by atoms with Crippen molar-refractivity contribution in [2.75, 3.05) is 5.32 Å². The van der Waals surface area contributed by atoms with Gasteiger partial charge in [-0.15, -0.1) is 0 Å². The Bertz CT molecular complexity index is 627. The number of anilines is 1. The van der Waals surface area contributed by atoms with Crippen LogP contribution in [-0.2, 0) is 4.79 Å². The van der Waals surface area contributed by atoms with Gasteiger partial charge in [-0.2, -0.15) is 0 Å². The highest BCUT2D eigenvalue weighted by molar-refractivity contribution is 7.22. The van der Waals surface area contributed by atoms with Crippen molar-refractivity contribution in [1.29, 1.82) is 0 Å². The van der Waals surface area contributed by atoms with Crippen LogP contribution in [0.15, 0.2) is 18.2 Å². The van der Waals surface area contributed by atoms with Gasteiger partial charge in [-0.3, -0.25) is 4.79 Å². The molecular weight excluding hydrogens is 282 g/mol. The average molecular weight is 296 g/mol. The maximum absolute atomic E-state index is 12.1. The van der Waals surface area contributed by atoms with Crippen molar-refractivity contribution in [1.82, 2.24) is 4.98 Å². The van der Waals surface area contributed by atoms with E-state index in [0.717, 1.165) is 29.5 Å². The highest BCUT2D eigenvalue weighted by Gasteiger charge is 2.28. The van der Waals surface area contributed by atoms with Gasteiger partial charge in [0, 0.05) is 17.0 Å². The van der Waals surface area contributed by atoms with Crippen LogP contribution in [-0.4, -0.2) is 16.9 Å². The van der Waals surface area contributed by atoms with Crippen molar-refractivity contribution in [2.45, 2.75) is 25.3 Å². The average Bonchev–Trinajstić information content (AvgIpc) is 2.94. The van der Waals surface area contributed by atoms with Gasteiger partial charge in [-0.05, 0) is 37.5 Å². The topological polar surface area (TPSA) is 68.0 Å². The van der Waals surface area contributed by atoms with Gasteiger partial charge in [0.2, 0.25) is 5.91 Å². The summed E-state index contributed by atoms with van der Waals surface area (Å²) in [5.41, 5.74) is 6.68. The molecule has 100 valence electrons. The van der Waals surface area contributed by atoms with Crippen molar-refractivity contribution in [3.05, 3.63) is 23.2 Å². The molecule has 2 unspecified atom stereocenters. The Hall–Kier alpha value is -1.17. The highest BCUT2D eigenvalue weighted by Crippen LogP contribution is 2.30. The standard InChI is InChI=1S/C13H14ClN3OS/c14-8-2-4-10-11(6-8)19-13(16-10)17-12(18)7-1-3-9(15)5-7/h2,4,6-7,9H,1,3,5,15H2,(H,16,17,18). The van der Waals surface area contributed by atoms with Crippen molar-refractivity contribution < 1.29 is 4.79 Å². The van der Waals surface area contributed by atoms with E-state index >= 15 is 0 Å². The molecular formula is C13H14ClN3OS. The first-order chi connectivity index (χ1) is 9.11. The largest absolute Gasteiger partial charge is 0.328 e. The molecule has 1 saturated carbocycles. The maximum atomic E-state index is 12.1. The van der Waals surface area contributed by atoms with Crippen molar-refractivity contribution in [2.24, 2.45) is 11.7 Å². The summed E-state index contributed by atoms with van der Waals surface area (Å²) in [4.78, 5) is 16.5. The number of nitrogens with zero attached hydrogens (tertiary/aromatic N) is 1. The number of amides is 1. The zero-order chi connectivity index (χ0) is 13.4. The zero-order valence-electron chi connectivity index (χ0n) is 10.2. The molecule has 0 bridgehead atoms. The molecule has 0 radical (unpaired) electrons. The minimum atomic E-state index is 0.0191. The van der Waals surface area contributed by atoms with Gasteiger partial charge in [-0.1, -0.05) is 22.9 Å². The number of fused-ring (bicyclic) bond motifs is 1. The number of nitrogens with two attached hydrogens (primary N) is 1. The molecule has 2 aromatic rings. The van der Waals surface area contributed by atoms with E-state index in [0.29, 0.717) is 10.2 Å². The van der Waals surface area contributed by atoms with Crippen molar-refractivity contribution in [3.63, 3.8) is 0 Å². The van der Waals surface area contributed by atoms with Crippen LogP contribution < -0.4 is 11.1 Å². The van der Waals surface area contributed by atoms with Gasteiger partial charge in [-0.25, -0.2) is 4.98 Å². The van der Waals surface area contributed by atoms with E-state index in [9.17, 15) is 4.79 Å². The fraction of sp³-hybridized carbons (Fsp3) is 0.385. The molecule has 19 heavy (non-hydrogen) atoms. The lowest BCUT2D eigenvalue weighted by Crippen LogP contribution is -2.23. The van der Waals surface area contributed by atoms with Crippen LogP contribution in [0.2, 0.25) is 5.02 Å². The van der Waals surface area contributed by atoms with Crippen LogP contribution in [0.1, 0.15) is 19.3 Å². The number of hydrogen-bond acceptors (Lipinski definition) is 4. The molecule has 4 nitrogen and oxygen atoms in total. The fourth-order valence-electron chi connectivity index (χ4n) is 2.41. The fourth-order valence-corrected chi connectivity index (χ4v) is 3.56. The maximum Gasteiger partial charge on any atom is 0.229 e. The molecule has 6 heteroatoms. The number of rotatable bonds is 2. The molecule has 1 aliphatic rings. The molecule has 1 amide bonds. The third-order valence-electron chi connectivity index (χ3n) is 3.42. The number of aromatic nitrogens is 1. The molecule has 2 atom stereocenters. The van der Waals surface area contributed by atoms with Gasteiger partial charge in [0.15, 0.2) is 5.13 Å². The lowest BCUT2D eigenvalue weighted by Gasteiger charge is -2.07. The van der Waals surface area contributed by atoms with Crippen LogP contribution in [0.25, 0.3) is 10.2 Å². The lowest BCUT2D eigenvalue weighted by molar-refractivity contribution is -0.119. The number of thiazole rings is 1. The zero-order valence-corrected chi connectivity index (χ0v) is 11.8. The molecule has 1 aliphatic carbocycles. The minimum Gasteiger partial charge on any atom is -0.328 e. The Morgan fingerprint density at radius 1 is 1.47 bits per heavy atom. The van der Waals surface area contributed by atoms with E-state index < -0.39 is 0 Å². The second-order valence-electron chi connectivity index (χ2n) is 4.89. The first-order valence-electron chi connectivity index (χ1n) is 6.24. The van der Waals surface area contributed by atoms with E-state index in [1.54, 1.807) is 6.07 Å². The first-order valence-corrected chi connectivity index (χ1v) is 7.44. The number of carbonyl (C=O) groups is 1. The summed E-state index contributed by atoms with van der Waals surface area (Å²) >= 11 is 7.37. The van der Waals surface area contributed by atoms with Crippen LogP contribution >= 0.6 is 22.9 Å². The van der Waals surface area contributed by atoms with E-state index in [2.05, 4.69) is 10.3 Å². The molecule has 1 fully saturated rings. The second kappa shape index (κ2) is 5.07. The lowest BCUT2D eigenvalue weighted by atomic mass is 10.1. The number of carbonyl (C=O) groups excluding carboxylic acids is 1. The number of nitrogens with one attached hydrogen (secondary N) is 1. The van der Waals surface area contributed by atoms with E-state index in [1.807, 2.05) is 12.1 Å². The number of benzene rings is 1. The normalized spacial score (nSPS) is 22.8. The van der Waals surface area contributed by atoms with Crippen molar-refractivity contribution >= 4 is 44.2 Å². The Labute approximate surface area is 120 Å². The summed E-state index contributed by atoms with van der Waals surface area (Å²) in [7, 11) is 0. The van der Waals surface area contributed by atoms with Gasteiger partial charge in [0.1, 0.15) is 0 Å². The summed E-state index contributed by atoms with van der Waals surface area (Å²) in [5.74, 6) is 0.0451. The molecule has 1 aromatic heterocycles. The molecule has 0 saturated heterocycles. The van der Waals surface area contributed by atoms with Crippen LogP contribution in [0.3, 0.4) is 0 Å². The summed E-state index contributed by atoms with van der Waals surface area (Å²) in [6.07, 6.45) is 2.56. The van der Waals surface area contributed by atoms with Gasteiger partial charge in [0.25, 0.3) is 0 Å². The predicted octanol–water partition coefficient (Wildman–Crippen LogP) is 3.02. The monoisotopic (exact) mass is 295 g/mol. The molecule has 1 heterocycles. The molecule has 3 N–H and O–H groups in total. The van der Waals surface area contributed by atoms with Gasteiger partial charge in [0.05, 0.1) is 10.2 Å². The molecule has 1 aromatic carbocycles.